The van der Waals surface area contributed by atoms with Crippen LogP contribution in [0.3, 0.4) is 0 Å². The van der Waals surface area contributed by atoms with Crippen molar-refractivity contribution in [1.29, 1.82) is 5.26 Å². The molecule has 0 aromatic heterocycles. The minimum absolute atomic E-state index is 0.515. The zero-order valence-corrected chi connectivity index (χ0v) is 9.62. The highest BCUT2D eigenvalue weighted by Gasteiger charge is 2.01. The second-order valence-electron chi connectivity index (χ2n) is 3.31. The van der Waals surface area contributed by atoms with Crippen LogP contribution in [0.25, 0.3) is 0 Å². The first-order valence-corrected chi connectivity index (χ1v) is 5.09. The zero-order chi connectivity index (χ0) is 11.8. The third-order valence-corrected chi connectivity index (χ3v) is 2.15. The maximum Gasteiger partial charge on any atom is 0.122 e. The van der Waals surface area contributed by atoms with Crippen molar-refractivity contribution >= 4 is 0 Å². The number of hydrogen-bond donors (Lipinski definition) is 1. The topological polar surface area (TPSA) is 54.3 Å². The number of hydrogen-bond acceptors (Lipinski definition) is 4. The zero-order valence-electron chi connectivity index (χ0n) is 9.62. The van der Waals surface area contributed by atoms with E-state index >= 15 is 0 Å². The molecule has 1 N–H and O–H groups in total. The smallest absolute Gasteiger partial charge is 0.122 e. The molecule has 0 unspecified atom stereocenters. The Hall–Kier alpha value is -1.73. The van der Waals surface area contributed by atoms with Crippen molar-refractivity contribution in [2.24, 2.45) is 0 Å². The van der Waals surface area contributed by atoms with Gasteiger partial charge in [-0.3, -0.25) is 0 Å². The Bertz CT molecular complexity index is 350. The van der Waals surface area contributed by atoms with Gasteiger partial charge in [-0.1, -0.05) is 0 Å². The van der Waals surface area contributed by atoms with E-state index in [-0.39, 0.29) is 0 Å². The molecule has 4 heteroatoms. The lowest BCUT2D eigenvalue weighted by molar-refractivity contribution is 0.393. The van der Waals surface area contributed by atoms with Crippen molar-refractivity contribution in [2.75, 3.05) is 20.8 Å². The summed E-state index contributed by atoms with van der Waals surface area (Å²) in [7, 11) is 3.25. The highest BCUT2D eigenvalue weighted by molar-refractivity contribution is 5.38. The molecule has 0 saturated heterocycles. The van der Waals surface area contributed by atoms with Gasteiger partial charge in [-0.2, -0.15) is 5.26 Å². The van der Waals surface area contributed by atoms with Crippen LogP contribution in [-0.2, 0) is 6.54 Å². The number of ether oxygens (including phenoxy) is 2. The molecule has 0 spiro atoms. The third-order valence-electron chi connectivity index (χ3n) is 2.15. The van der Waals surface area contributed by atoms with E-state index in [4.69, 9.17) is 14.7 Å². The summed E-state index contributed by atoms with van der Waals surface area (Å²) in [4.78, 5) is 0. The third kappa shape index (κ3) is 3.79. The second-order valence-corrected chi connectivity index (χ2v) is 3.31. The van der Waals surface area contributed by atoms with Gasteiger partial charge in [0.05, 0.1) is 20.3 Å². The van der Waals surface area contributed by atoms with Crippen molar-refractivity contribution in [1.82, 2.24) is 5.32 Å². The van der Waals surface area contributed by atoms with Gasteiger partial charge in [0.15, 0.2) is 0 Å². The van der Waals surface area contributed by atoms with Crippen LogP contribution in [0.5, 0.6) is 11.5 Å². The van der Waals surface area contributed by atoms with Crippen molar-refractivity contribution in [3.8, 4) is 17.6 Å². The molecule has 1 aromatic carbocycles. The molecule has 0 aliphatic carbocycles. The van der Waals surface area contributed by atoms with Crippen molar-refractivity contribution < 1.29 is 9.47 Å². The summed E-state index contributed by atoms with van der Waals surface area (Å²) in [5.41, 5.74) is 1.08. The molecule has 0 atom stereocenters. The molecule has 4 nitrogen and oxygen atoms in total. The molecule has 0 heterocycles. The first-order valence-electron chi connectivity index (χ1n) is 5.09. The summed E-state index contributed by atoms with van der Waals surface area (Å²) in [5.74, 6) is 1.55. The Morgan fingerprint density at radius 1 is 1.19 bits per heavy atom. The monoisotopic (exact) mass is 220 g/mol. The quantitative estimate of drug-likeness (QED) is 0.741. The highest BCUT2D eigenvalue weighted by atomic mass is 16.5. The summed E-state index contributed by atoms with van der Waals surface area (Å²) < 4.78 is 10.3. The van der Waals surface area contributed by atoms with Crippen LogP contribution in [0.2, 0.25) is 0 Å². The van der Waals surface area contributed by atoms with Gasteiger partial charge in [0, 0.05) is 25.6 Å². The molecule has 0 bridgehead atoms. The number of methoxy groups -OCH3 is 2. The fraction of sp³-hybridized carbons (Fsp3) is 0.417. The van der Waals surface area contributed by atoms with Crippen molar-refractivity contribution in [3.05, 3.63) is 23.8 Å². The summed E-state index contributed by atoms with van der Waals surface area (Å²) in [6.07, 6.45) is 0.515. The largest absolute Gasteiger partial charge is 0.497 e. The van der Waals surface area contributed by atoms with Crippen molar-refractivity contribution in [2.45, 2.75) is 13.0 Å². The minimum Gasteiger partial charge on any atom is -0.497 e. The van der Waals surface area contributed by atoms with Gasteiger partial charge in [0.2, 0.25) is 0 Å². The maximum atomic E-state index is 8.40. The first kappa shape index (κ1) is 12.3. The molecule has 16 heavy (non-hydrogen) atoms. The van der Waals surface area contributed by atoms with Crippen LogP contribution in [-0.4, -0.2) is 20.8 Å². The number of nitrogens with one attached hydrogen (secondary N) is 1. The van der Waals surface area contributed by atoms with Crippen LogP contribution in [0, 0.1) is 11.3 Å². The fourth-order valence-electron chi connectivity index (χ4n) is 1.35. The van der Waals surface area contributed by atoms with Gasteiger partial charge in [0.1, 0.15) is 11.5 Å². The Balaban J connectivity index is 2.61. The average molecular weight is 220 g/mol. The van der Waals surface area contributed by atoms with Crippen LogP contribution in [0.1, 0.15) is 12.0 Å². The maximum absolute atomic E-state index is 8.40. The van der Waals surface area contributed by atoms with E-state index in [1.807, 2.05) is 18.2 Å². The average Bonchev–Trinajstić information content (AvgIpc) is 2.34. The normalized spacial score (nSPS) is 9.56. The van der Waals surface area contributed by atoms with E-state index in [2.05, 4.69) is 11.4 Å². The number of nitriles is 1. The molecule has 0 fully saturated rings. The molecule has 86 valence electrons. The SMILES string of the molecule is COc1cc(CNCCC#N)cc(OC)c1. The molecule has 1 aromatic rings. The van der Waals surface area contributed by atoms with Gasteiger partial charge in [-0.15, -0.1) is 0 Å². The van der Waals surface area contributed by atoms with Gasteiger partial charge in [-0.25, -0.2) is 0 Å². The Kier molecular flexibility index (Phi) is 5.17. The molecular formula is C12H16N2O2. The van der Waals surface area contributed by atoms with Crippen LogP contribution in [0.4, 0.5) is 0 Å². The molecule has 0 aliphatic rings. The lowest BCUT2D eigenvalue weighted by Gasteiger charge is -2.08. The summed E-state index contributed by atoms with van der Waals surface area (Å²) in [6.45, 7) is 1.39. The highest BCUT2D eigenvalue weighted by Crippen LogP contribution is 2.22. The molecule has 0 saturated carbocycles. The van der Waals surface area contributed by atoms with E-state index in [1.54, 1.807) is 14.2 Å². The van der Waals surface area contributed by atoms with Crippen LogP contribution < -0.4 is 14.8 Å². The number of rotatable bonds is 6. The number of nitrogens with zero attached hydrogens (tertiary/aromatic N) is 1. The van der Waals surface area contributed by atoms with Gasteiger partial charge in [0.25, 0.3) is 0 Å². The molecular weight excluding hydrogens is 204 g/mol. The lowest BCUT2D eigenvalue weighted by atomic mass is 10.2. The van der Waals surface area contributed by atoms with Gasteiger partial charge >= 0.3 is 0 Å². The molecule has 1 rings (SSSR count). The van der Waals surface area contributed by atoms with E-state index < -0.39 is 0 Å². The van der Waals surface area contributed by atoms with Crippen molar-refractivity contribution in [3.63, 3.8) is 0 Å². The summed E-state index contributed by atoms with van der Waals surface area (Å²) in [5, 5.41) is 11.6. The second kappa shape index (κ2) is 6.70. The Labute approximate surface area is 95.8 Å². The number of benzene rings is 1. The predicted molar refractivity (Wildman–Crippen MR) is 61.5 cm³/mol. The van der Waals surface area contributed by atoms with Gasteiger partial charge < -0.3 is 14.8 Å². The predicted octanol–water partition coefficient (Wildman–Crippen LogP) is 1.71. The fourth-order valence-corrected chi connectivity index (χ4v) is 1.35. The van der Waals surface area contributed by atoms with Crippen LogP contribution in [0.15, 0.2) is 18.2 Å². The Morgan fingerprint density at radius 3 is 2.31 bits per heavy atom. The van der Waals surface area contributed by atoms with Gasteiger partial charge in [-0.05, 0) is 17.7 Å². The van der Waals surface area contributed by atoms with Crippen LogP contribution >= 0.6 is 0 Å². The summed E-state index contributed by atoms with van der Waals surface area (Å²) >= 11 is 0. The lowest BCUT2D eigenvalue weighted by Crippen LogP contribution is -2.14. The molecule has 0 radical (unpaired) electrons. The van der Waals surface area contributed by atoms with E-state index in [1.165, 1.54) is 0 Å². The minimum atomic E-state index is 0.515. The Morgan fingerprint density at radius 2 is 1.81 bits per heavy atom. The van der Waals surface area contributed by atoms with E-state index in [9.17, 15) is 0 Å². The summed E-state index contributed by atoms with van der Waals surface area (Å²) in [6, 6.07) is 7.81. The molecule has 0 aliphatic heterocycles. The molecule has 0 amide bonds. The standard InChI is InChI=1S/C12H16N2O2/c1-15-11-6-10(7-12(8-11)16-2)9-14-5-3-4-13/h6-8,14H,3,5,9H2,1-2H3. The van der Waals surface area contributed by atoms with E-state index in [0.29, 0.717) is 19.5 Å². The first-order chi connectivity index (χ1) is 7.80. The van der Waals surface area contributed by atoms with E-state index in [0.717, 1.165) is 17.1 Å².